The summed E-state index contributed by atoms with van der Waals surface area (Å²) >= 11 is 0. The topological polar surface area (TPSA) is 48.0 Å². The van der Waals surface area contributed by atoms with E-state index in [0.29, 0.717) is 0 Å². The summed E-state index contributed by atoms with van der Waals surface area (Å²) in [5.74, 6) is 0. The Hall–Kier alpha value is -1.88. The molecule has 21 heavy (non-hydrogen) atoms. The molecule has 3 rings (SSSR count). The minimum absolute atomic E-state index is 0.943. The zero-order chi connectivity index (χ0) is 14.7. The minimum atomic E-state index is 0.943. The molecule has 1 saturated heterocycles. The Kier molecular flexibility index (Phi) is 4.20. The number of H-pyrrole nitrogens is 1. The number of hydrogen-bond acceptors (Lipinski definition) is 4. The van der Waals surface area contributed by atoms with E-state index < -0.39 is 0 Å². The Labute approximate surface area is 126 Å². The van der Waals surface area contributed by atoms with Crippen molar-refractivity contribution in [1.29, 1.82) is 0 Å². The predicted molar refractivity (Wildman–Crippen MR) is 84.4 cm³/mol. The molecule has 0 atom stereocenters. The summed E-state index contributed by atoms with van der Waals surface area (Å²) < 4.78 is 0. The molecule has 0 saturated carbocycles. The van der Waals surface area contributed by atoms with E-state index in [4.69, 9.17) is 0 Å². The zero-order valence-corrected chi connectivity index (χ0v) is 12.8. The highest BCUT2D eigenvalue weighted by atomic mass is 15.2. The standard InChI is InChI=1S/C16H23N5/c1-13-10-15(4-5-17-13)21-7-3-6-20(8-9-21)11-16-14(2)18-12-19-16/h4-5,10,12H,3,6-9,11H2,1-2H3,(H,18,19). The number of anilines is 1. The molecular formula is C16H23N5. The van der Waals surface area contributed by atoms with Crippen molar-refractivity contribution in [3.8, 4) is 0 Å². The van der Waals surface area contributed by atoms with Crippen LogP contribution in [0.15, 0.2) is 24.7 Å². The van der Waals surface area contributed by atoms with Gasteiger partial charge in [0.15, 0.2) is 0 Å². The lowest BCUT2D eigenvalue weighted by molar-refractivity contribution is 0.282. The third kappa shape index (κ3) is 3.42. The number of nitrogens with one attached hydrogen (secondary N) is 1. The molecule has 0 unspecified atom stereocenters. The third-order valence-electron chi connectivity index (χ3n) is 4.14. The maximum absolute atomic E-state index is 4.41. The lowest BCUT2D eigenvalue weighted by Crippen LogP contribution is -2.30. The number of imidazole rings is 1. The Morgan fingerprint density at radius 2 is 2.05 bits per heavy atom. The van der Waals surface area contributed by atoms with E-state index in [0.717, 1.165) is 38.4 Å². The number of aromatic amines is 1. The highest BCUT2D eigenvalue weighted by molar-refractivity contribution is 5.46. The second-order valence-corrected chi connectivity index (χ2v) is 5.75. The quantitative estimate of drug-likeness (QED) is 0.938. The van der Waals surface area contributed by atoms with Crippen molar-refractivity contribution >= 4 is 5.69 Å². The van der Waals surface area contributed by atoms with Gasteiger partial charge in [-0.05, 0) is 32.4 Å². The smallest absolute Gasteiger partial charge is 0.0925 e. The van der Waals surface area contributed by atoms with Crippen LogP contribution < -0.4 is 4.90 Å². The summed E-state index contributed by atoms with van der Waals surface area (Å²) in [5, 5.41) is 0. The average molecular weight is 285 g/mol. The van der Waals surface area contributed by atoms with Crippen LogP contribution in [0.4, 0.5) is 5.69 Å². The lowest BCUT2D eigenvalue weighted by atomic mass is 10.3. The van der Waals surface area contributed by atoms with Crippen LogP contribution in [0.5, 0.6) is 0 Å². The number of hydrogen-bond donors (Lipinski definition) is 1. The molecule has 2 aromatic heterocycles. The van der Waals surface area contributed by atoms with E-state index in [9.17, 15) is 0 Å². The van der Waals surface area contributed by atoms with Gasteiger partial charge in [-0.25, -0.2) is 4.98 Å². The van der Waals surface area contributed by atoms with Gasteiger partial charge < -0.3 is 9.88 Å². The molecule has 3 heterocycles. The minimum Gasteiger partial charge on any atom is -0.370 e. The number of rotatable bonds is 3. The zero-order valence-electron chi connectivity index (χ0n) is 12.8. The van der Waals surface area contributed by atoms with Crippen LogP contribution in [-0.4, -0.2) is 46.0 Å². The fourth-order valence-electron chi connectivity index (χ4n) is 2.87. The molecule has 1 N–H and O–H groups in total. The van der Waals surface area contributed by atoms with Crippen molar-refractivity contribution < 1.29 is 0 Å². The first kappa shape index (κ1) is 14.1. The molecule has 0 aromatic carbocycles. The molecule has 0 radical (unpaired) electrons. The molecule has 0 bridgehead atoms. The molecule has 1 aliphatic rings. The van der Waals surface area contributed by atoms with Gasteiger partial charge in [-0.3, -0.25) is 9.88 Å². The van der Waals surface area contributed by atoms with Gasteiger partial charge in [0, 0.05) is 56.0 Å². The lowest BCUT2D eigenvalue weighted by Gasteiger charge is -2.23. The number of aromatic nitrogens is 3. The van der Waals surface area contributed by atoms with E-state index in [2.05, 4.69) is 43.8 Å². The van der Waals surface area contributed by atoms with Gasteiger partial charge in [0.25, 0.3) is 0 Å². The maximum atomic E-state index is 4.41. The van der Waals surface area contributed by atoms with E-state index in [-0.39, 0.29) is 0 Å². The highest BCUT2D eigenvalue weighted by Crippen LogP contribution is 2.17. The second kappa shape index (κ2) is 6.26. The van der Waals surface area contributed by atoms with Crippen molar-refractivity contribution in [3.63, 3.8) is 0 Å². The SMILES string of the molecule is Cc1cc(N2CCCN(Cc3nc[nH]c3C)CC2)ccn1. The molecule has 2 aromatic rings. The Bertz CT molecular complexity index is 592. The van der Waals surface area contributed by atoms with Crippen molar-refractivity contribution in [3.05, 3.63) is 41.7 Å². The number of aryl methyl sites for hydroxylation is 2. The first-order valence-corrected chi connectivity index (χ1v) is 7.61. The summed E-state index contributed by atoms with van der Waals surface area (Å²) in [6, 6.07) is 4.29. The molecule has 0 aliphatic carbocycles. The molecule has 0 spiro atoms. The molecule has 5 heteroatoms. The van der Waals surface area contributed by atoms with Crippen molar-refractivity contribution in [2.24, 2.45) is 0 Å². The Balaban J connectivity index is 1.63. The summed E-state index contributed by atoms with van der Waals surface area (Å²) in [6.45, 7) is 9.46. The van der Waals surface area contributed by atoms with Crippen LogP contribution in [0.2, 0.25) is 0 Å². The van der Waals surface area contributed by atoms with Gasteiger partial charge in [0.1, 0.15) is 0 Å². The van der Waals surface area contributed by atoms with Crippen molar-refractivity contribution in [1.82, 2.24) is 19.9 Å². The fraction of sp³-hybridized carbons (Fsp3) is 0.500. The molecule has 5 nitrogen and oxygen atoms in total. The van der Waals surface area contributed by atoms with Gasteiger partial charge in [0.2, 0.25) is 0 Å². The van der Waals surface area contributed by atoms with Gasteiger partial charge in [-0.2, -0.15) is 0 Å². The highest BCUT2D eigenvalue weighted by Gasteiger charge is 2.16. The first-order chi connectivity index (χ1) is 10.2. The monoisotopic (exact) mass is 285 g/mol. The Morgan fingerprint density at radius 3 is 2.81 bits per heavy atom. The van der Waals surface area contributed by atoms with Crippen LogP contribution in [0.25, 0.3) is 0 Å². The molecule has 112 valence electrons. The van der Waals surface area contributed by atoms with Crippen LogP contribution >= 0.6 is 0 Å². The molecular weight excluding hydrogens is 262 g/mol. The van der Waals surface area contributed by atoms with Crippen LogP contribution in [0.1, 0.15) is 23.5 Å². The van der Waals surface area contributed by atoms with Gasteiger partial charge >= 0.3 is 0 Å². The summed E-state index contributed by atoms with van der Waals surface area (Å²) in [5.41, 5.74) is 4.73. The maximum Gasteiger partial charge on any atom is 0.0925 e. The van der Waals surface area contributed by atoms with E-state index in [1.54, 1.807) is 6.33 Å². The molecule has 1 fully saturated rings. The third-order valence-corrected chi connectivity index (χ3v) is 4.14. The van der Waals surface area contributed by atoms with Gasteiger partial charge in [-0.15, -0.1) is 0 Å². The summed E-state index contributed by atoms with van der Waals surface area (Å²) in [4.78, 5) is 16.8. The number of nitrogens with zero attached hydrogens (tertiary/aromatic N) is 4. The van der Waals surface area contributed by atoms with Crippen LogP contribution in [0.3, 0.4) is 0 Å². The largest absolute Gasteiger partial charge is 0.370 e. The summed E-state index contributed by atoms with van der Waals surface area (Å²) in [7, 11) is 0. The van der Waals surface area contributed by atoms with Crippen LogP contribution in [0, 0.1) is 13.8 Å². The van der Waals surface area contributed by atoms with E-state index in [1.807, 2.05) is 13.1 Å². The van der Waals surface area contributed by atoms with Gasteiger partial charge in [0.05, 0.1) is 12.0 Å². The van der Waals surface area contributed by atoms with Gasteiger partial charge in [-0.1, -0.05) is 0 Å². The second-order valence-electron chi connectivity index (χ2n) is 5.75. The first-order valence-electron chi connectivity index (χ1n) is 7.61. The predicted octanol–water partition coefficient (Wildman–Crippen LogP) is 2.13. The van der Waals surface area contributed by atoms with Crippen molar-refractivity contribution in [2.45, 2.75) is 26.8 Å². The van der Waals surface area contributed by atoms with E-state index in [1.165, 1.54) is 23.5 Å². The normalized spacial score (nSPS) is 17.0. The molecule has 0 amide bonds. The van der Waals surface area contributed by atoms with E-state index >= 15 is 0 Å². The fourth-order valence-corrected chi connectivity index (χ4v) is 2.87. The molecule has 1 aliphatic heterocycles. The average Bonchev–Trinajstić information content (AvgIpc) is 2.74. The summed E-state index contributed by atoms with van der Waals surface area (Å²) in [6.07, 6.45) is 4.87. The Morgan fingerprint density at radius 1 is 1.14 bits per heavy atom. The van der Waals surface area contributed by atoms with Crippen LogP contribution in [-0.2, 0) is 6.54 Å². The van der Waals surface area contributed by atoms with Crippen molar-refractivity contribution in [2.75, 3.05) is 31.1 Å². The number of pyridine rings is 1.